The Hall–Kier alpha value is -1.16. The van der Waals surface area contributed by atoms with E-state index in [1.54, 1.807) is 26.2 Å². The Morgan fingerprint density at radius 1 is 1.38 bits per heavy atom. The summed E-state index contributed by atoms with van der Waals surface area (Å²) in [5.41, 5.74) is 0.259. The Bertz CT molecular complexity index is 243. The van der Waals surface area contributed by atoms with Gasteiger partial charge in [0.25, 0.3) is 0 Å². The highest BCUT2D eigenvalue weighted by molar-refractivity contribution is 5.36. The molecule has 13 heavy (non-hydrogen) atoms. The van der Waals surface area contributed by atoms with Gasteiger partial charge in [-0.2, -0.15) is 0 Å². The lowest BCUT2D eigenvalue weighted by molar-refractivity contribution is 0.0749. The average Bonchev–Trinajstić information content (AvgIpc) is 2.04. The molecule has 0 saturated heterocycles. The number of aliphatic hydroxyl groups is 1. The summed E-state index contributed by atoms with van der Waals surface area (Å²) < 4.78 is 0. The molecule has 0 aliphatic rings. The predicted octanol–water partition coefficient (Wildman–Crippen LogP) is 1.05. The standard InChI is InChI=1S/C9H15N3O/c1-9(2,13)3-4-12-8-5-10-7-11-6-8/h5-7,12-13H,3-4H2,1-2H3. The minimum Gasteiger partial charge on any atom is -0.390 e. The monoisotopic (exact) mass is 181 g/mol. The molecular weight excluding hydrogens is 166 g/mol. The van der Waals surface area contributed by atoms with Crippen LogP contribution in [0.15, 0.2) is 18.7 Å². The van der Waals surface area contributed by atoms with Gasteiger partial charge in [0.15, 0.2) is 0 Å². The molecule has 0 radical (unpaired) electrons. The molecule has 2 N–H and O–H groups in total. The zero-order valence-corrected chi connectivity index (χ0v) is 7.99. The molecule has 4 heteroatoms. The minimum atomic E-state index is -0.622. The van der Waals surface area contributed by atoms with Gasteiger partial charge >= 0.3 is 0 Å². The van der Waals surface area contributed by atoms with E-state index in [2.05, 4.69) is 15.3 Å². The third-order valence-corrected chi connectivity index (χ3v) is 1.63. The van der Waals surface area contributed by atoms with E-state index in [0.29, 0.717) is 6.42 Å². The molecule has 0 aromatic carbocycles. The number of hydrogen-bond acceptors (Lipinski definition) is 4. The lowest BCUT2D eigenvalue weighted by Gasteiger charge is -2.17. The Morgan fingerprint density at radius 3 is 2.54 bits per heavy atom. The first-order valence-corrected chi connectivity index (χ1v) is 4.29. The second-order valence-electron chi connectivity index (χ2n) is 3.62. The van der Waals surface area contributed by atoms with Crippen molar-refractivity contribution in [3.8, 4) is 0 Å². The SMILES string of the molecule is CC(C)(O)CCNc1cncnc1. The molecular formula is C9H15N3O. The van der Waals surface area contributed by atoms with Crippen molar-refractivity contribution in [3.05, 3.63) is 18.7 Å². The number of nitrogens with one attached hydrogen (secondary N) is 1. The number of nitrogens with zero attached hydrogens (tertiary/aromatic N) is 2. The smallest absolute Gasteiger partial charge is 0.115 e. The number of aromatic nitrogens is 2. The molecule has 0 saturated carbocycles. The zero-order valence-electron chi connectivity index (χ0n) is 7.99. The molecule has 1 heterocycles. The van der Waals surface area contributed by atoms with Gasteiger partial charge in [-0.15, -0.1) is 0 Å². The maximum absolute atomic E-state index is 9.42. The summed E-state index contributed by atoms with van der Waals surface area (Å²) in [7, 11) is 0. The van der Waals surface area contributed by atoms with Crippen molar-refractivity contribution < 1.29 is 5.11 Å². The van der Waals surface area contributed by atoms with Gasteiger partial charge < -0.3 is 10.4 Å². The summed E-state index contributed by atoms with van der Waals surface area (Å²) in [6.07, 6.45) is 5.60. The minimum absolute atomic E-state index is 0.622. The first-order chi connectivity index (χ1) is 6.08. The Labute approximate surface area is 78.0 Å². The van der Waals surface area contributed by atoms with Gasteiger partial charge in [-0.25, -0.2) is 9.97 Å². The van der Waals surface area contributed by atoms with Crippen LogP contribution in [0.25, 0.3) is 0 Å². The zero-order chi connectivity index (χ0) is 9.73. The van der Waals surface area contributed by atoms with E-state index in [-0.39, 0.29) is 0 Å². The van der Waals surface area contributed by atoms with Crippen LogP contribution in [0.4, 0.5) is 5.69 Å². The van der Waals surface area contributed by atoms with Crippen LogP contribution in [-0.4, -0.2) is 27.2 Å². The lowest BCUT2D eigenvalue weighted by Crippen LogP contribution is -2.22. The quantitative estimate of drug-likeness (QED) is 0.729. The maximum atomic E-state index is 9.42. The van der Waals surface area contributed by atoms with Crippen LogP contribution in [-0.2, 0) is 0 Å². The van der Waals surface area contributed by atoms with Crippen LogP contribution >= 0.6 is 0 Å². The maximum Gasteiger partial charge on any atom is 0.115 e. The largest absolute Gasteiger partial charge is 0.390 e. The summed E-state index contributed by atoms with van der Waals surface area (Å²) in [5.74, 6) is 0. The Balaban J connectivity index is 2.29. The molecule has 0 aliphatic heterocycles. The Morgan fingerprint density at radius 2 is 2.00 bits per heavy atom. The van der Waals surface area contributed by atoms with E-state index in [1.165, 1.54) is 6.33 Å². The molecule has 0 unspecified atom stereocenters. The van der Waals surface area contributed by atoms with Gasteiger partial charge in [0.05, 0.1) is 23.7 Å². The average molecular weight is 181 g/mol. The van der Waals surface area contributed by atoms with Gasteiger partial charge in [0.1, 0.15) is 6.33 Å². The summed E-state index contributed by atoms with van der Waals surface area (Å²) in [6, 6.07) is 0. The first kappa shape index (κ1) is 9.92. The molecule has 0 fully saturated rings. The number of anilines is 1. The number of rotatable bonds is 4. The van der Waals surface area contributed by atoms with E-state index < -0.39 is 5.60 Å². The van der Waals surface area contributed by atoms with E-state index >= 15 is 0 Å². The molecule has 0 spiro atoms. The van der Waals surface area contributed by atoms with Crippen LogP contribution in [0.2, 0.25) is 0 Å². The summed E-state index contributed by atoms with van der Waals surface area (Å²) in [5, 5.41) is 12.5. The van der Waals surface area contributed by atoms with Gasteiger partial charge in [-0.1, -0.05) is 0 Å². The third kappa shape index (κ3) is 4.42. The predicted molar refractivity (Wildman–Crippen MR) is 51.4 cm³/mol. The van der Waals surface area contributed by atoms with Gasteiger partial charge in [0.2, 0.25) is 0 Å². The van der Waals surface area contributed by atoms with Crippen LogP contribution in [0.3, 0.4) is 0 Å². The van der Waals surface area contributed by atoms with Crippen LogP contribution < -0.4 is 5.32 Å². The fourth-order valence-corrected chi connectivity index (χ4v) is 0.903. The molecule has 72 valence electrons. The highest BCUT2D eigenvalue weighted by atomic mass is 16.3. The van der Waals surface area contributed by atoms with Crippen molar-refractivity contribution in [2.75, 3.05) is 11.9 Å². The van der Waals surface area contributed by atoms with Crippen molar-refractivity contribution in [1.82, 2.24) is 9.97 Å². The normalized spacial score (nSPS) is 11.3. The van der Waals surface area contributed by atoms with E-state index in [4.69, 9.17) is 0 Å². The summed E-state index contributed by atoms with van der Waals surface area (Å²) >= 11 is 0. The van der Waals surface area contributed by atoms with Crippen LogP contribution in [0.1, 0.15) is 20.3 Å². The van der Waals surface area contributed by atoms with Crippen molar-refractivity contribution in [2.45, 2.75) is 25.9 Å². The van der Waals surface area contributed by atoms with Crippen LogP contribution in [0.5, 0.6) is 0 Å². The number of hydrogen-bond donors (Lipinski definition) is 2. The molecule has 4 nitrogen and oxygen atoms in total. The van der Waals surface area contributed by atoms with Crippen molar-refractivity contribution >= 4 is 5.69 Å². The highest BCUT2D eigenvalue weighted by Crippen LogP contribution is 2.08. The lowest BCUT2D eigenvalue weighted by atomic mass is 10.1. The summed E-state index contributed by atoms with van der Waals surface area (Å²) in [4.78, 5) is 7.73. The van der Waals surface area contributed by atoms with Crippen LogP contribution in [0, 0.1) is 0 Å². The molecule has 0 aliphatic carbocycles. The molecule has 1 rings (SSSR count). The molecule has 1 aromatic heterocycles. The first-order valence-electron chi connectivity index (χ1n) is 4.29. The third-order valence-electron chi connectivity index (χ3n) is 1.63. The second kappa shape index (κ2) is 4.18. The van der Waals surface area contributed by atoms with Gasteiger partial charge in [0, 0.05) is 6.54 Å². The topological polar surface area (TPSA) is 58.0 Å². The Kier molecular flexibility index (Phi) is 3.19. The second-order valence-corrected chi connectivity index (χ2v) is 3.62. The molecule has 0 atom stereocenters. The molecule has 0 amide bonds. The highest BCUT2D eigenvalue weighted by Gasteiger charge is 2.10. The van der Waals surface area contributed by atoms with Crippen molar-refractivity contribution in [3.63, 3.8) is 0 Å². The summed E-state index contributed by atoms with van der Waals surface area (Å²) in [6.45, 7) is 4.29. The molecule has 0 bridgehead atoms. The van der Waals surface area contributed by atoms with Crippen molar-refractivity contribution in [1.29, 1.82) is 0 Å². The van der Waals surface area contributed by atoms with E-state index in [9.17, 15) is 5.11 Å². The van der Waals surface area contributed by atoms with Crippen molar-refractivity contribution in [2.24, 2.45) is 0 Å². The fraction of sp³-hybridized carbons (Fsp3) is 0.556. The van der Waals surface area contributed by atoms with E-state index in [1.807, 2.05) is 0 Å². The van der Waals surface area contributed by atoms with E-state index in [0.717, 1.165) is 12.2 Å². The molecule has 1 aromatic rings. The fourth-order valence-electron chi connectivity index (χ4n) is 0.903. The van der Waals surface area contributed by atoms with Gasteiger partial charge in [-0.05, 0) is 20.3 Å². The van der Waals surface area contributed by atoms with Gasteiger partial charge in [-0.3, -0.25) is 0 Å².